The van der Waals surface area contributed by atoms with E-state index >= 15 is 0 Å². The second-order valence-electron chi connectivity index (χ2n) is 9.44. The van der Waals surface area contributed by atoms with Gasteiger partial charge in [0.05, 0.1) is 23.7 Å². The maximum absolute atomic E-state index is 13.1. The van der Waals surface area contributed by atoms with Gasteiger partial charge in [0.25, 0.3) is 0 Å². The number of carbonyl (C=O) groups excluding carboxylic acids is 4. The molecule has 3 aliphatic carbocycles. The standard InChI is InChI=1S/C26H20O6/c1-25-15(13-9-5-3-6-10-13)16(14-11-7-4-8-12-14)26(2,19-17(25)21(27)31-23(19)29)20-18(25)22(28)32-24(20)30/h3-12,17-20H,1-2H3/t17-,18-,19-,20-,25?,26?/m1/s1. The molecule has 0 N–H and O–H groups in total. The normalized spacial score (nSPS) is 37.3. The zero-order chi connectivity index (χ0) is 22.4. The first kappa shape index (κ1) is 19.2. The molecule has 6 nitrogen and oxygen atoms in total. The highest BCUT2D eigenvalue weighted by atomic mass is 16.6. The van der Waals surface area contributed by atoms with Gasteiger partial charge >= 0.3 is 23.9 Å². The maximum atomic E-state index is 13.1. The molecule has 4 atom stereocenters. The zero-order valence-corrected chi connectivity index (χ0v) is 17.5. The summed E-state index contributed by atoms with van der Waals surface area (Å²) < 4.78 is 10.3. The third-order valence-corrected chi connectivity index (χ3v) is 8.12. The van der Waals surface area contributed by atoms with Gasteiger partial charge in [-0.3, -0.25) is 19.2 Å². The molecule has 2 heterocycles. The molecular weight excluding hydrogens is 408 g/mol. The van der Waals surface area contributed by atoms with E-state index in [1.54, 1.807) is 0 Å². The van der Waals surface area contributed by atoms with Gasteiger partial charge in [-0.15, -0.1) is 0 Å². The van der Waals surface area contributed by atoms with Gasteiger partial charge in [0.15, 0.2) is 0 Å². The van der Waals surface area contributed by atoms with Gasteiger partial charge in [0.2, 0.25) is 0 Å². The lowest BCUT2D eigenvalue weighted by Gasteiger charge is -2.61. The van der Waals surface area contributed by atoms with Crippen molar-refractivity contribution >= 4 is 35.0 Å². The van der Waals surface area contributed by atoms with E-state index < -0.39 is 58.4 Å². The van der Waals surface area contributed by atoms with E-state index in [0.29, 0.717) is 0 Å². The summed E-state index contributed by atoms with van der Waals surface area (Å²) in [4.78, 5) is 52.2. The van der Waals surface area contributed by atoms with Gasteiger partial charge in [-0.1, -0.05) is 74.5 Å². The minimum Gasteiger partial charge on any atom is -0.393 e. The Morgan fingerprint density at radius 3 is 1.09 bits per heavy atom. The average molecular weight is 428 g/mol. The minimum atomic E-state index is -1.15. The molecule has 5 aliphatic rings. The number of hydrogen-bond acceptors (Lipinski definition) is 6. The zero-order valence-electron chi connectivity index (χ0n) is 17.5. The highest BCUT2D eigenvalue weighted by Crippen LogP contribution is 2.76. The number of cyclic esters (lactones) is 4. The van der Waals surface area contributed by atoms with E-state index in [-0.39, 0.29) is 0 Å². The molecule has 2 bridgehead atoms. The number of hydrogen-bond donors (Lipinski definition) is 0. The van der Waals surface area contributed by atoms with Crippen LogP contribution in [0.2, 0.25) is 0 Å². The van der Waals surface area contributed by atoms with Crippen LogP contribution in [0.5, 0.6) is 0 Å². The van der Waals surface area contributed by atoms with E-state index in [4.69, 9.17) is 9.47 Å². The quantitative estimate of drug-likeness (QED) is 0.539. The van der Waals surface area contributed by atoms with E-state index in [0.717, 1.165) is 22.3 Å². The Morgan fingerprint density at radius 1 is 0.531 bits per heavy atom. The van der Waals surface area contributed by atoms with Gasteiger partial charge in [0.1, 0.15) is 0 Å². The summed E-state index contributed by atoms with van der Waals surface area (Å²) in [6.07, 6.45) is 0. The lowest BCUT2D eigenvalue weighted by Crippen LogP contribution is -2.64. The fourth-order valence-electron chi connectivity index (χ4n) is 7.03. The van der Waals surface area contributed by atoms with Crippen LogP contribution < -0.4 is 0 Å². The number of ether oxygens (including phenoxy) is 2. The smallest absolute Gasteiger partial charge is 0.318 e. The van der Waals surface area contributed by atoms with Crippen molar-refractivity contribution in [2.45, 2.75) is 13.8 Å². The van der Waals surface area contributed by atoms with Crippen molar-refractivity contribution < 1.29 is 28.7 Å². The number of esters is 4. The van der Waals surface area contributed by atoms with Crippen LogP contribution in [0.25, 0.3) is 11.1 Å². The molecule has 3 fully saturated rings. The van der Waals surface area contributed by atoms with Gasteiger partial charge in [-0.05, 0) is 22.3 Å². The monoisotopic (exact) mass is 428 g/mol. The molecule has 6 heteroatoms. The molecule has 2 aliphatic heterocycles. The highest BCUT2D eigenvalue weighted by molar-refractivity contribution is 6.13. The summed E-state index contributed by atoms with van der Waals surface area (Å²) in [5, 5.41) is 0. The maximum Gasteiger partial charge on any atom is 0.318 e. The van der Waals surface area contributed by atoms with Crippen molar-refractivity contribution in [2.75, 3.05) is 0 Å². The first-order chi connectivity index (χ1) is 15.3. The first-order valence-corrected chi connectivity index (χ1v) is 10.7. The lowest BCUT2D eigenvalue weighted by atomic mass is 9.36. The van der Waals surface area contributed by atoms with Gasteiger partial charge in [-0.25, -0.2) is 0 Å². The van der Waals surface area contributed by atoms with Crippen LogP contribution in [-0.4, -0.2) is 23.9 Å². The van der Waals surface area contributed by atoms with Crippen LogP contribution in [0.15, 0.2) is 60.7 Å². The van der Waals surface area contributed by atoms with Crippen LogP contribution in [0, 0.1) is 34.5 Å². The third-order valence-electron chi connectivity index (χ3n) is 8.12. The second-order valence-corrected chi connectivity index (χ2v) is 9.44. The number of benzene rings is 2. The Kier molecular flexibility index (Phi) is 3.61. The van der Waals surface area contributed by atoms with E-state index in [9.17, 15) is 19.2 Å². The SMILES string of the molecule is CC12C(c3ccccc3)=C(c3ccccc3)C(C)([C@H]3C(=O)OC(=O)[C@@H]31)[C@H]1C(=O)OC(=O)[C@@H]12. The Bertz CT molecular complexity index is 1100. The summed E-state index contributed by atoms with van der Waals surface area (Å²) in [7, 11) is 0. The van der Waals surface area contributed by atoms with Crippen LogP contribution >= 0.6 is 0 Å². The first-order valence-electron chi connectivity index (χ1n) is 10.7. The molecule has 0 aromatic heterocycles. The van der Waals surface area contributed by atoms with Crippen LogP contribution in [0.1, 0.15) is 25.0 Å². The fourth-order valence-corrected chi connectivity index (χ4v) is 7.03. The molecule has 2 aromatic carbocycles. The summed E-state index contributed by atoms with van der Waals surface area (Å²) in [5.41, 5.74) is 0.992. The van der Waals surface area contributed by atoms with Crippen LogP contribution in [0.3, 0.4) is 0 Å². The summed E-state index contributed by atoms with van der Waals surface area (Å²) >= 11 is 0. The van der Waals surface area contributed by atoms with Crippen LogP contribution in [0.4, 0.5) is 0 Å². The summed E-state index contributed by atoms with van der Waals surface area (Å²) in [6, 6.07) is 19.1. The molecule has 0 unspecified atom stereocenters. The van der Waals surface area contributed by atoms with Crippen LogP contribution in [-0.2, 0) is 28.7 Å². The van der Waals surface area contributed by atoms with Gasteiger partial charge in [0, 0.05) is 10.8 Å². The lowest BCUT2D eigenvalue weighted by molar-refractivity contribution is -0.154. The average Bonchev–Trinajstić information content (AvgIpc) is 3.27. The summed E-state index contributed by atoms with van der Waals surface area (Å²) in [5.74, 6) is -6.05. The van der Waals surface area contributed by atoms with Gasteiger partial charge in [-0.2, -0.15) is 0 Å². The largest absolute Gasteiger partial charge is 0.393 e. The molecule has 1 saturated carbocycles. The third kappa shape index (κ3) is 2.01. The molecule has 7 rings (SSSR count). The Morgan fingerprint density at radius 2 is 0.812 bits per heavy atom. The second kappa shape index (κ2) is 6.03. The minimum absolute atomic E-state index is 0.639. The van der Waals surface area contributed by atoms with E-state index in [1.807, 2.05) is 74.5 Å². The Hall–Kier alpha value is -3.54. The van der Waals surface area contributed by atoms with Crippen molar-refractivity contribution in [3.05, 3.63) is 71.8 Å². The van der Waals surface area contributed by atoms with Crippen molar-refractivity contribution in [3.63, 3.8) is 0 Å². The predicted molar refractivity (Wildman–Crippen MR) is 112 cm³/mol. The molecule has 0 radical (unpaired) electrons. The molecule has 160 valence electrons. The van der Waals surface area contributed by atoms with Gasteiger partial charge < -0.3 is 9.47 Å². The van der Waals surface area contributed by atoms with Crippen molar-refractivity contribution in [2.24, 2.45) is 34.5 Å². The van der Waals surface area contributed by atoms with Crippen molar-refractivity contribution in [3.8, 4) is 0 Å². The van der Waals surface area contributed by atoms with Crippen molar-refractivity contribution in [1.29, 1.82) is 0 Å². The molecule has 0 amide bonds. The van der Waals surface area contributed by atoms with E-state index in [1.165, 1.54) is 0 Å². The molecule has 32 heavy (non-hydrogen) atoms. The number of allylic oxidation sites excluding steroid dienone is 2. The van der Waals surface area contributed by atoms with Crippen molar-refractivity contribution in [1.82, 2.24) is 0 Å². The fraction of sp³-hybridized carbons (Fsp3) is 0.308. The topological polar surface area (TPSA) is 86.7 Å². The molecule has 0 spiro atoms. The molecule has 2 saturated heterocycles. The predicted octanol–water partition coefficient (Wildman–Crippen LogP) is 3.27. The Balaban J connectivity index is 1.80. The molecule has 2 aromatic rings. The Labute approximate surface area is 184 Å². The van der Waals surface area contributed by atoms with E-state index in [2.05, 4.69) is 0 Å². The summed E-state index contributed by atoms with van der Waals surface area (Å²) in [6.45, 7) is 3.62. The molecular formula is C26H20O6. The highest BCUT2D eigenvalue weighted by Gasteiger charge is 2.80. The number of carbonyl (C=O) groups is 4. The number of rotatable bonds is 2.